The van der Waals surface area contributed by atoms with Crippen molar-refractivity contribution in [1.29, 1.82) is 0 Å². The van der Waals surface area contributed by atoms with Crippen LogP contribution in [0.1, 0.15) is 0 Å². The number of anilines is 3. The molecule has 0 aromatic heterocycles. The molecular weight excluding hydrogens is 400 g/mol. The van der Waals surface area contributed by atoms with E-state index in [-0.39, 0.29) is 20.1 Å². The minimum absolute atomic E-state index is 0. The summed E-state index contributed by atoms with van der Waals surface area (Å²) in [4.78, 5) is 4.21. The molecule has 0 amide bonds. The third-order valence-corrected chi connectivity index (χ3v) is 3.06. The normalized spacial score (nSPS) is 13.3. The Morgan fingerprint density at radius 3 is 2.33 bits per heavy atom. The van der Waals surface area contributed by atoms with E-state index >= 15 is 0 Å². The summed E-state index contributed by atoms with van der Waals surface area (Å²) in [7, 11) is 2.03. The molecular formula is C15H13IrN2-. The minimum atomic E-state index is 0. The van der Waals surface area contributed by atoms with Gasteiger partial charge in [-0.1, -0.05) is 24.4 Å². The van der Waals surface area contributed by atoms with E-state index in [1.165, 1.54) is 5.69 Å². The summed E-state index contributed by atoms with van der Waals surface area (Å²) < 4.78 is 0. The first-order chi connectivity index (χ1) is 8.29. The van der Waals surface area contributed by atoms with Crippen molar-refractivity contribution in [1.82, 2.24) is 0 Å². The maximum Gasteiger partial charge on any atom is 0.108 e. The third-order valence-electron chi connectivity index (χ3n) is 3.06. The molecule has 1 aliphatic rings. The molecule has 2 aromatic rings. The van der Waals surface area contributed by atoms with E-state index in [0.29, 0.717) is 0 Å². The van der Waals surface area contributed by atoms with Gasteiger partial charge < -0.3 is 9.80 Å². The second kappa shape index (κ2) is 4.97. The van der Waals surface area contributed by atoms with Gasteiger partial charge in [-0.15, -0.1) is 6.07 Å². The van der Waals surface area contributed by atoms with E-state index < -0.39 is 0 Å². The molecule has 1 heterocycles. The first-order valence-electron chi connectivity index (χ1n) is 5.57. The molecule has 0 unspecified atom stereocenters. The van der Waals surface area contributed by atoms with Crippen molar-refractivity contribution >= 4 is 17.1 Å². The zero-order valence-electron chi connectivity index (χ0n) is 10.1. The van der Waals surface area contributed by atoms with E-state index in [1.54, 1.807) is 0 Å². The Hall–Kier alpha value is -1.57. The van der Waals surface area contributed by atoms with E-state index in [2.05, 4.69) is 34.6 Å². The smallest absolute Gasteiger partial charge is 0.108 e. The minimum Gasteiger partial charge on any atom is -0.329 e. The van der Waals surface area contributed by atoms with Gasteiger partial charge in [0.15, 0.2) is 0 Å². The monoisotopic (exact) mass is 414 g/mol. The Morgan fingerprint density at radius 1 is 1.00 bits per heavy atom. The molecule has 0 fully saturated rings. The zero-order valence-corrected chi connectivity index (χ0v) is 12.4. The maximum absolute atomic E-state index is 4.14. The number of benzene rings is 2. The quantitative estimate of drug-likeness (QED) is 0.660. The van der Waals surface area contributed by atoms with Crippen molar-refractivity contribution < 1.29 is 20.1 Å². The van der Waals surface area contributed by atoms with Crippen LogP contribution in [0.2, 0.25) is 0 Å². The molecule has 0 atom stereocenters. The Labute approximate surface area is 121 Å². The summed E-state index contributed by atoms with van der Waals surface area (Å²) in [5, 5.41) is 0. The molecule has 0 saturated carbocycles. The summed E-state index contributed by atoms with van der Waals surface area (Å²) >= 11 is 0. The van der Waals surface area contributed by atoms with Gasteiger partial charge in [0.05, 0.1) is 11.4 Å². The first-order valence-corrected chi connectivity index (χ1v) is 5.57. The summed E-state index contributed by atoms with van der Waals surface area (Å²) in [5.74, 6) is 0.952. The van der Waals surface area contributed by atoms with Crippen LogP contribution in [0.4, 0.5) is 17.1 Å². The van der Waals surface area contributed by atoms with Gasteiger partial charge >= 0.3 is 0 Å². The Bertz CT molecular complexity index is 566. The molecule has 0 aliphatic carbocycles. The van der Waals surface area contributed by atoms with Crippen LogP contribution in [0.15, 0.2) is 60.9 Å². The third kappa shape index (κ3) is 1.86. The predicted molar refractivity (Wildman–Crippen MR) is 71.4 cm³/mol. The van der Waals surface area contributed by atoms with Crippen molar-refractivity contribution in [3.8, 4) is 0 Å². The molecule has 1 aliphatic heterocycles. The second-order valence-corrected chi connectivity index (χ2v) is 4.05. The summed E-state index contributed by atoms with van der Waals surface area (Å²) in [6, 6.07) is 19.5. The molecule has 2 aromatic carbocycles. The average Bonchev–Trinajstić information content (AvgIpc) is 2.64. The van der Waals surface area contributed by atoms with E-state index in [1.807, 2.05) is 43.4 Å². The van der Waals surface area contributed by atoms with Crippen molar-refractivity contribution in [2.45, 2.75) is 0 Å². The number of hydrogen-bond donors (Lipinski definition) is 0. The van der Waals surface area contributed by atoms with Gasteiger partial charge in [0.1, 0.15) is 5.82 Å². The zero-order chi connectivity index (χ0) is 11.8. The van der Waals surface area contributed by atoms with Gasteiger partial charge in [-0.05, 0) is 12.1 Å². The van der Waals surface area contributed by atoms with Crippen LogP contribution in [0, 0.1) is 6.07 Å². The first kappa shape index (κ1) is 12.9. The standard InChI is InChI=1S/C15H13N2.Ir/c1-12-16(2)14-10-6-7-11-15(14)17(12)13-8-4-3-5-9-13;/h3-8,10-11H,1H2,2H3;/q-1;. The number of nitrogens with zero attached hydrogens (tertiary/aromatic N) is 2. The number of hydrogen-bond acceptors (Lipinski definition) is 2. The van der Waals surface area contributed by atoms with E-state index in [0.717, 1.165) is 17.2 Å². The van der Waals surface area contributed by atoms with Crippen LogP contribution in [-0.4, -0.2) is 7.05 Å². The predicted octanol–water partition coefficient (Wildman–Crippen LogP) is 3.54. The molecule has 3 heteroatoms. The molecule has 0 N–H and O–H groups in total. The van der Waals surface area contributed by atoms with Crippen LogP contribution in [-0.2, 0) is 20.1 Å². The van der Waals surface area contributed by atoms with Crippen molar-refractivity contribution in [3.05, 3.63) is 67.0 Å². The van der Waals surface area contributed by atoms with Gasteiger partial charge in [-0.25, -0.2) is 0 Å². The van der Waals surface area contributed by atoms with Crippen molar-refractivity contribution in [3.63, 3.8) is 0 Å². The fraction of sp³-hybridized carbons (Fsp3) is 0.0667. The fourth-order valence-electron chi connectivity index (χ4n) is 2.16. The van der Waals surface area contributed by atoms with E-state index in [9.17, 15) is 0 Å². The molecule has 93 valence electrons. The Balaban J connectivity index is 0.00000120. The second-order valence-electron chi connectivity index (χ2n) is 4.05. The maximum atomic E-state index is 4.14. The van der Waals surface area contributed by atoms with Crippen molar-refractivity contribution in [2.75, 3.05) is 16.8 Å². The summed E-state index contributed by atoms with van der Waals surface area (Å²) in [5.41, 5.74) is 3.35. The fourth-order valence-corrected chi connectivity index (χ4v) is 2.16. The van der Waals surface area contributed by atoms with Crippen LogP contribution in [0.3, 0.4) is 0 Å². The number of para-hydroxylation sites is 3. The van der Waals surface area contributed by atoms with Gasteiger partial charge in [0.25, 0.3) is 0 Å². The van der Waals surface area contributed by atoms with Gasteiger partial charge in [-0.2, -0.15) is 24.3 Å². The Kier molecular flexibility index (Phi) is 3.55. The molecule has 18 heavy (non-hydrogen) atoms. The molecule has 2 nitrogen and oxygen atoms in total. The van der Waals surface area contributed by atoms with Crippen molar-refractivity contribution in [2.24, 2.45) is 0 Å². The molecule has 0 bridgehead atoms. The van der Waals surface area contributed by atoms with Gasteiger partial charge in [-0.3, -0.25) is 0 Å². The number of fused-ring (bicyclic) bond motifs is 1. The topological polar surface area (TPSA) is 6.48 Å². The van der Waals surface area contributed by atoms with Crippen LogP contribution in [0.5, 0.6) is 0 Å². The Morgan fingerprint density at radius 2 is 1.67 bits per heavy atom. The largest absolute Gasteiger partial charge is 0.329 e. The van der Waals surface area contributed by atoms with Crippen LogP contribution in [0.25, 0.3) is 0 Å². The SMILES string of the molecule is C=C1N(C)c2ccccc2N1c1[c-]cccc1.[Ir]. The molecule has 0 spiro atoms. The molecule has 3 rings (SSSR count). The summed E-state index contributed by atoms with van der Waals surface area (Å²) in [6.45, 7) is 4.14. The summed E-state index contributed by atoms with van der Waals surface area (Å²) in [6.07, 6.45) is 0. The van der Waals surface area contributed by atoms with Gasteiger partial charge in [0.2, 0.25) is 0 Å². The molecule has 0 saturated heterocycles. The van der Waals surface area contributed by atoms with E-state index in [4.69, 9.17) is 0 Å². The van der Waals surface area contributed by atoms with Crippen LogP contribution < -0.4 is 9.80 Å². The number of rotatable bonds is 1. The molecule has 1 radical (unpaired) electrons. The average molecular weight is 414 g/mol. The van der Waals surface area contributed by atoms with Gasteiger partial charge in [0, 0.05) is 27.2 Å². The van der Waals surface area contributed by atoms with Crippen LogP contribution >= 0.6 is 0 Å².